The fourth-order valence-corrected chi connectivity index (χ4v) is 2.40. The van der Waals surface area contributed by atoms with Gasteiger partial charge in [0.05, 0.1) is 0 Å². The Labute approximate surface area is 115 Å². The molecule has 1 aromatic carbocycles. The molecule has 3 heteroatoms. The maximum absolute atomic E-state index is 5.95. The minimum Gasteiger partial charge on any atom is -0.383 e. The van der Waals surface area contributed by atoms with Crippen molar-refractivity contribution in [3.63, 3.8) is 0 Å². The molecular weight excluding hydrogens is 253 g/mol. The van der Waals surface area contributed by atoms with Crippen LogP contribution in [0.25, 0.3) is 0 Å². The predicted molar refractivity (Wildman–Crippen MR) is 78.3 cm³/mol. The quantitative estimate of drug-likeness (QED) is 0.623. The molecule has 0 radical (unpaired) electrons. The molecule has 0 aliphatic carbocycles. The fourth-order valence-electron chi connectivity index (χ4n) is 1.87. The van der Waals surface area contributed by atoms with Gasteiger partial charge in [-0.1, -0.05) is 55.8 Å². The zero-order valence-electron chi connectivity index (χ0n) is 10.6. The lowest BCUT2D eigenvalue weighted by Crippen LogP contribution is -2.14. The van der Waals surface area contributed by atoms with Crippen LogP contribution in [0.5, 0.6) is 0 Å². The first-order valence-electron chi connectivity index (χ1n) is 6.34. The lowest BCUT2D eigenvalue weighted by Gasteiger charge is -2.15. The van der Waals surface area contributed by atoms with E-state index in [0.29, 0.717) is 16.1 Å². The van der Waals surface area contributed by atoms with Gasteiger partial charge in [-0.15, -0.1) is 0 Å². The van der Waals surface area contributed by atoms with Crippen LogP contribution in [0.15, 0.2) is 18.2 Å². The monoisotopic (exact) mass is 273 g/mol. The zero-order chi connectivity index (χ0) is 12.7. The molecule has 17 heavy (non-hydrogen) atoms. The van der Waals surface area contributed by atoms with Gasteiger partial charge in [-0.2, -0.15) is 0 Å². The van der Waals surface area contributed by atoms with E-state index >= 15 is 0 Å². The smallest absolute Gasteiger partial charge is 0.0441 e. The highest BCUT2D eigenvalue weighted by Crippen LogP contribution is 2.23. The summed E-state index contributed by atoms with van der Waals surface area (Å²) in [5.41, 5.74) is 1.01. The molecule has 1 unspecified atom stereocenters. The van der Waals surface area contributed by atoms with Gasteiger partial charge in [-0.05, 0) is 31.5 Å². The van der Waals surface area contributed by atoms with Crippen molar-refractivity contribution in [3.8, 4) is 0 Å². The van der Waals surface area contributed by atoms with E-state index in [1.807, 2.05) is 12.1 Å². The first kappa shape index (κ1) is 14.7. The third-order valence-electron chi connectivity index (χ3n) is 2.77. The number of anilines is 1. The molecule has 0 aliphatic rings. The predicted octanol–water partition coefficient (Wildman–Crippen LogP) is 5.76. The standard InChI is InChI=1S/C14H21Cl2N/c1-3-4-5-6-7-11(2)17-14-9-12(15)8-13(16)10-14/h8-11,17H,3-7H2,1-2H3. The second kappa shape index (κ2) is 7.84. The molecule has 0 aliphatic heterocycles. The summed E-state index contributed by atoms with van der Waals surface area (Å²) in [6, 6.07) is 6.04. The molecule has 96 valence electrons. The van der Waals surface area contributed by atoms with Gasteiger partial charge in [0.15, 0.2) is 0 Å². The van der Waals surface area contributed by atoms with Crippen LogP contribution >= 0.6 is 23.2 Å². The Balaban J connectivity index is 2.36. The van der Waals surface area contributed by atoms with Crippen LogP contribution in [0.1, 0.15) is 46.0 Å². The Bertz CT molecular complexity index is 319. The molecule has 0 heterocycles. The third-order valence-corrected chi connectivity index (χ3v) is 3.20. The van der Waals surface area contributed by atoms with Crippen LogP contribution in [-0.2, 0) is 0 Å². The molecule has 1 nitrogen and oxygen atoms in total. The summed E-state index contributed by atoms with van der Waals surface area (Å²) in [7, 11) is 0. The summed E-state index contributed by atoms with van der Waals surface area (Å²) in [6.45, 7) is 4.43. The second-order valence-electron chi connectivity index (χ2n) is 4.55. The molecular formula is C14H21Cl2N. The van der Waals surface area contributed by atoms with Gasteiger partial charge in [-0.25, -0.2) is 0 Å². The summed E-state index contributed by atoms with van der Waals surface area (Å²) in [6.07, 6.45) is 6.39. The molecule has 0 saturated heterocycles. The van der Waals surface area contributed by atoms with Crippen molar-refractivity contribution in [3.05, 3.63) is 28.2 Å². The van der Waals surface area contributed by atoms with Gasteiger partial charge in [0.2, 0.25) is 0 Å². The van der Waals surface area contributed by atoms with Gasteiger partial charge in [0, 0.05) is 21.8 Å². The van der Waals surface area contributed by atoms with Crippen LogP contribution < -0.4 is 5.32 Å². The van der Waals surface area contributed by atoms with E-state index in [-0.39, 0.29) is 0 Å². The Morgan fingerprint density at radius 2 is 1.71 bits per heavy atom. The molecule has 0 spiro atoms. The highest BCUT2D eigenvalue weighted by atomic mass is 35.5. The van der Waals surface area contributed by atoms with E-state index in [1.165, 1.54) is 32.1 Å². The van der Waals surface area contributed by atoms with Gasteiger partial charge in [0.1, 0.15) is 0 Å². The number of hydrogen-bond acceptors (Lipinski definition) is 1. The molecule has 0 bridgehead atoms. The van der Waals surface area contributed by atoms with Gasteiger partial charge >= 0.3 is 0 Å². The highest BCUT2D eigenvalue weighted by molar-refractivity contribution is 6.35. The lowest BCUT2D eigenvalue weighted by molar-refractivity contribution is 0.594. The average Bonchev–Trinajstić information content (AvgIpc) is 2.23. The SMILES string of the molecule is CCCCCCC(C)Nc1cc(Cl)cc(Cl)c1. The van der Waals surface area contributed by atoms with Crippen molar-refractivity contribution in [1.29, 1.82) is 0 Å². The van der Waals surface area contributed by atoms with E-state index in [1.54, 1.807) is 6.07 Å². The van der Waals surface area contributed by atoms with Gasteiger partial charge in [0.25, 0.3) is 0 Å². The molecule has 1 atom stereocenters. The summed E-state index contributed by atoms with van der Waals surface area (Å²) in [5.74, 6) is 0. The minimum atomic E-state index is 0.460. The van der Waals surface area contributed by atoms with Crippen molar-refractivity contribution < 1.29 is 0 Å². The van der Waals surface area contributed by atoms with Crippen LogP contribution in [0.4, 0.5) is 5.69 Å². The third kappa shape index (κ3) is 6.18. The van der Waals surface area contributed by atoms with E-state index in [2.05, 4.69) is 19.2 Å². The van der Waals surface area contributed by atoms with Crippen molar-refractivity contribution >= 4 is 28.9 Å². The van der Waals surface area contributed by atoms with Crippen molar-refractivity contribution in [1.82, 2.24) is 0 Å². The van der Waals surface area contributed by atoms with Gasteiger partial charge < -0.3 is 5.32 Å². The van der Waals surface area contributed by atoms with Crippen LogP contribution in [-0.4, -0.2) is 6.04 Å². The summed E-state index contributed by atoms with van der Waals surface area (Å²) < 4.78 is 0. The van der Waals surface area contributed by atoms with Gasteiger partial charge in [-0.3, -0.25) is 0 Å². The van der Waals surface area contributed by atoms with Crippen molar-refractivity contribution in [2.75, 3.05) is 5.32 Å². The molecule has 0 saturated carbocycles. The first-order chi connectivity index (χ1) is 8.11. The van der Waals surface area contributed by atoms with Crippen LogP contribution in [0, 0.1) is 0 Å². The molecule has 0 fully saturated rings. The topological polar surface area (TPSA) is 12.0 Å². The summed E-state index contributed by atoms with van der Waals surface area (Å²) in [4.78, 5) is 0. The number of benzene rings is 1. The number of nitrogens with one attached hydrogen (secondary N) is 1. The van der Waals surface area contributed by atoms with E-state index in [4.69, 9.17) is 23.2 Å². The Morgan fingerprint density at radius 1 is 1.06 bits per heavy atom. The zero-order valence-corrected chi connectivity index (χ0v) is 12.1. The summed E-state index contributed by atoms with van der Waals surface area (Å²) >= 11 is 11.9. The highest BCUT2D eigenvalue weighted by Gasteiger charge is 2.03. The number of halogens is 2. The van der Waals surface area contributed by atoms with Crippen molar-refractivity contribution in [2.45, 2.75) is 52.0 Å². The minimum absolute atomic E-state index is 0.460. The Hall–Kier alpha value is -0.400. The van der Waals surface area contributed by atoms with E-state index in [0.717, 1.165) is 5.69 Å². The maximum atomic E-state index is 5.95. The summed E-state index contributed by atoms with van der Waals surface area (Å²) in [5, 5.41) is 4.79. The maximum Gasteiger partial charge on any atom is 0.0441 e. The molecule has 0 amide bonds. The molecule has 0 aromatic heterocycles. The molecule has 1 rings (SSSR count). The van der Waals surface area contributed by atoms with E-state index in [9.17, 15) is 0 Å². The number of unbranched alkanes of at least 4 members (excludes halogenated alkanes) is 3. The second-order valence-corrected chi connectivity index (χ2v) is 5.43. The first-order valence-corrected chi connectivity index (χ1v) is 7.10. The Morgan fingerprint density at radius 3 is 2.29 bits per heavy atom. The van der Waals surface area contributed by atoms with Crippen LogP contribution in [0.2, 0.25) is 10.0 Å². The number of hydrogen-bond donors (Lipinski definition) is 1. The fraction of sp³-hybridized carbons (Fsp3) is 0.571. The Kier molecular flexibility index (Phi) is 6.76. The van der Waals surface area contributed by atoms with Crippen LogP contribution in [0.3, 0.4) is 0 Å². The average molecular weight is 274 g/mol. The molecule has 1 N–H and O–H groups in total. The lowest BCUT2D eigenvalue weighted by atomic mass is 10.1. The number of rotatable bonds is 7. The largest absolute Gasteiger partial charge is 0.383 e. The molecule has 1 aromatic rings. The van der Waals surface area contributed by atoms with Crippen molar-refractivity contribution in [2.24, 2.45) is 0 Å². The normalized spacial score (nSPS) is 12.5. The van der Waals surface area contributed by atoms with E-state index < -0.39 is 0 Å².